The fourth-order valence-corrected chi connectivity index (χ4v) is 3.47. The third-order valence-corrected chi connectivity index (χ3v) is 5.93. The number of aliphatic hydroxyl groups excluding tert-OH is 1. The summed E-state index contributed by atoms with van der Waals surface area (Å²) in [7, 11) is 0. The van der Waals surface area contributed by atoms with Gasteiger partial charge in [0.15, 0.2) is 0 Å². The minimum atomic E-state index is -1.02. The minimum Gasteiger partial charge on any atom is -0.390 e. The lowest BCUT2D eigenvalue weighted by Gasteiger charge is -2.24. The van der Waals surface area contributed by atoms with Crippen LogP contribution in [0.15, 0.2) is 58.2 Å². The molecule has 0 aliphatic rings. The summed E-state index contributed by atoms with van der Waals surface area (Å²) in [6, 6.07) is 0. The van der Waals surface area contributed by atoms with E-state index >= 15 is 0 Å². The number of unbranched alkanes of at least 4 members (excludes halogenated alkanes) is 1. The Balaban J connectivity index is 4.11. The predicted molar refractivity (Wildman–Crippen MR) is 143 cm³/mol. The molecule has 2 heteroatoms. The maximum Gasteiger partial charge on any atom is 0.0849 e. The highest BCUT2D eigenvalue weighted by molar-refractivity contribution is 5.07. The van der Waals surface area contributed by atoms with Gasteiger partial charge in [-0.05, 0) is 120 Å². The van der Waals surface area contributed by atoms with Crippen LogP contribution in [0.1, 0.15) is 120 Å². The lowest BCUT2D eigenvalue weighted by atomic mass is 9.95. The van der Waals surface area contributed by atoms with Crippen LogP contribution in [0.3, 0.4) is 0 Å². The van der Waals surface area contributed by atoms with Crippen LogP contribution in [0.4, 0.5) is 0 Å². The van der Waals surface area contributed by atoms with Crippen molar-refractivity contribution in [3.8, 4) is 0 Å². The summed E-state index contributed by atoms with van der Waals surface area (Å²) in [4.78, 5) is 0. The van der Waals surface area contributed by atoms with Crippen molar-refractivity contribution in [3.05, 3.63) is 58.2 Å². The van der Waals surface area contributed by atoms with Gasteiger partial charge in [0.2, 0.25) is 0 Å². The summed E-state index contributed by atoms with van der Waals surface area (Å²) in [5, 5.41) is 19.7. The van der Waals surface area contributed by atoms with Crippen LogP contribution in [0, 0.1) is 0 Å². The first-order valence-electron chi connectivity index (χ1n) is 12.6. The van der Waals surface area contributed by atoms with Crippen molar-refractivity contribution in [1.29, 1.82) is 0 Å². The molecule has 0 aromatic rings. The number of hydrogen-bond acceptors (Lipinski definition) is 2. The van der Waals surface area contributed by atoms with Gasteiger partial charge in [0.05, 0.1) is 11.7 Å². The van der Waals surface area contributed by atoms with Crippen LogP contribution >= 0.6 is 0 Å². The first-order valence-corrected chi connectivity index (χ1v) is 12.6. The molecule has 184 valence electrons. The highest BCUT2D eigenvalue weighted by Crippen LogP contribution is 2.18. The van der Waals surface area contributed by atoms with Crippen LogP contribution in [0.25, 0.3) is 0 Å². The van der Waals surface area contributed by atoms with E-state index in [1.807, 2.05) is 0 Å². The zero-order valence-corrected chi connectivity index (χ0v) is 22.4. The Morgan fingerprint density at radius 1 is 0.594 bits per heavy atom. The molecule has 0 heterocycles. The molecule has 0 aliphatic heterocycles. The average molecular weight is 445 g/mol. The fourth-order valence-electron chi connectivity index (χ4n) is 3.47. The van der Waals surface area contributed by atoms with Crippen LogP contribution < -0.4 is 0 Å². The maximum absolute atomic E-state index is 9.93. The molecule has 0 aromatic heterocycles. The number of hydrogen-bond donors (Lipinski definition) is 2. The molecule has 32 heavy (non-hydrogen) atoms. The molecule has 2 N–H and O–H groups in total. The normalized spacial score (nSPS) is 15.2. The Kier molecular flexibility index (Phi) is 16.4. The summed E-state index contributed by atoms with van der Waals surface area (Å²) in [6.45, 7) is 16.5. The molecule has 0 saturated carbocycles. The monoisotopic (exact) mass is 444 g/mol. The van der Waals surface area contributed by atoms with Crippen molar-refractivity contribution in [1.82, 2.24) is 0 Å². The van der Waals surface area contributed by atoms with Gasteiger partial charge in [0, 0.05) is 0 Å². The van der Waals surface area contributed by atoms with Crippen LogP contribution in [0.2, 0.25) is 0 Å². The average Bonchev–Trinajstić information content (AvgIpc) is 2.68. The van der Waals surface area contributed by atoms with E-state index in [0.29, 0.717) is 6.42 Å². The van der Waals surface area contributed by atoms with Gasteiger partial charge >= 0.3 is 0 Å². The minimum absolute atomic E-state index is 0.609. The van der Waals surface area contributed by atoms with E-state index < -0.39 is 11.7 Å². The van der Waals surface area contributed by atoms with E-state index in [1.165, 1.54) is 34.3 Å². The van der Waals surface area contributed by atoms with E-state index in [1.54, 1.807) is 13.8 Å². The molecule has 2 nitrogen and oxygen atoms in total. The topological polar surface area (TPSA) is 40.5 Å². The molecule has 0 saturated heterocycles. The number of allylic oxidation sites excluding steroid dienone is 10. The van der Waals surface area contributed by atoms with Gasteiger partial charge in [-0.2, -0.15) is 0 Å². The molecule has 0 aliphatic carbocycles. The Morgan fingerprint density at radius 2 is 0.938 bits per heavy atom. The quantitative estimate of drug-likeness (QED) is 0.184. The van der Waals surface area contributed by atoms with Gasteiger partial charge in [-0.3, -0.25) is 0 Å². The molecule has 0 bridgehead atoms. The van der Waals surface area contributed by atoms with Crippen LogP contribution in [0.5, 0.6) is 0 Å². The van der Waals surface area contributed by atoms with Crippen molar-refractivity contribution >= 4 is 0 Å². The van der Waals surface area contributed by atoms with Crippen molar-refractivity contribution in [2.24, 2.45) is 0 Å². The lowest BCUT2D eigenvalue weighted by Crippen LogP contribution is -2.35. The Hall–Kier alpha value is -1.38. The van der Waals surface area contributed by atoms with Gasteiger partial charge in [0.1, 0.15) is 0 Å². The van der Waals surface area contributed by atoms with Gasteiger partial charge in [-0.15, -0.1) is 0 Å². The third kappa shape index (κ3) is 18.2. The highest BCUT2D eigenvalue weighted by atomic mass is 16.3. The summed E-state index contributed by atoms with van der Waals surface area (Å²) in [5.41, 5.74) is 6.13. The molecule has 0 aromatic carbocycles. The Bertz CT molecular complexity index is 661. The lowest BCUT2D eigenvalue weighted by molar-refractivity contribution is -0.0509. The zero-order valence-electron chi connectivity index (χ0n) is 22.4. The molecule has 0 amide bonds. The first-order chi connectivity index (χ1) is 14.9. The predicted octanol–water partition coefficient (Wildman–Crippen LogP) is 8.77. The van der Waals surface area contributed by atoms with Crippen molar-refractivity contribution in [2.45, 2.75) is 131 Å². The number of aliphatic hydroxyl groups is 2. The molecule has 0 radical (unpaired) electrons. The van der Waals surface area contributed by atoms with Gasteiger partial charge in [0.25, 0.3) is 0 Å². The molecule has 0 spiro atoms. The van der Waals surface area contributed by atoms with Gasteiger partial charge in [-0.1, -0.05) is 58.2 Å². The van der Waals surface area contributed by atoms with Crippen molar-refractivity contribution < 1.29 is 10.2 Å². The third-order valence-electron chi connectivity index (χ3n) is 5.93. The summed E-state index contributed by atoms with van der Waals surface area (Å²) in [6.07, 6.45) is 21.5. The van der Waals surface area contributed by atoms with Crippen molar-refractivity contribution in [2.75, 3.05) is 0 Å². The second-order valence-corrected chi connectivity index (χ2v) is 10.4. The highest BCUT2D eigenvalue weighted by Gasteiger charge is 2.23. The van der Waals surface area contributed by atoms with E-state index in [-0.39, 0.29) is 0 Å². The molecular formula is C30H52O2. The fraction of sp³-hybridized carbons (Fsp3) is 0.667. The van der Waals surface area contributed by atoms with Crippen LogP contribution in [-0.4, -0.2) is 21.9 Å². The van der Waals surface area contributed by atoms with E-state index in [2.05, 4.69) is 71.9 Å². The first kappa shape index (κ1) is 30.6. The zero-order chi connectivity index (χ0) is 24.6. The molecule has 1 atom stereocenters. The molecule has 0 rings (SSSR count). The smallest absolute Gasteiger partial charge is 0.0849 e. The standard InChI is InChI=1S/C30H52O2/c1-24(2)14-11-17-27(5)20-12-18-25(3)15-9-10-16-26(4)19-13-21-28(6)22-23-29(31)30(7,8)32/h14-16,20-21,29,31-32H,9-13,17-19,22-23H2,1-8H3/b25-15+,26-16+,27-20+,28-21+/t29-/m1/s1. The van der Waals surface area contributed by atoms with E-state index in [0.717, 1.165) is 51.4 Å². The summed E-state index contributed by atoms with van der Waals surface area (Å²) >= 11 is 0. The largest absolute Gasteiger partial charge is 0.390 e. The second kappa shape index (κ2) is 17.1. The maximum atomic E-state index is 9.93. The summed E-state index contributed by atoms with van der Waals surface area (Å²) < 4.78 is 0. The van der Waals surface area contributed by atoms with Gasteiger partial charge in [-0.25, -0.2) is 0 Å². The van der Waals surface area contributed by atoms with Gasteiger partial charge < -0.3 is 10.2 Å². The molecule has 0 unspecified atom stereocenters. The second-order valence-electron chi connectivity index (χ2n) is 10.4. The SMILES string of the molecule is CC(C)=CCC/C(C)=C/CC/C(C)=C/CC/C=C(\C)CC/C=C(\C)CC[C@@H](O)C(C)(C)O. The Labute approximate surface area is 199 Å². The Morgan fingerprint density at radius 3 is 1.31 bits per heavy atom. The van der Waals surface area contributed by atoms with E-state index in [4.69, 9.17) is 0 Å². The number of rotatable bonds is 16. The molecular weight excluding hydrogens is 392 g/mol. The van der Waals surface area contributed by atoms with E-state index in [9.17, 15) is 10.2 Å². The van der Waals surface area contributed by atoms with Crippen LogP contribution in [-0.2, 0) is 0 Å². The summed E-state index contributed by atoms with van der Waals surface area (Å²) in [5.74, 6) is 0. The van der Waals surface area contributed by atoms with Crippen molar-refractivity contribution in [3.63, 3.8) is 0 Å². The molecule has 0 fully saturated rings.